The monoisotopic (exact) mass is 468 g/mol. The first-order valence-electron chi connectivity index (χ1n) is 10.6. The number of carbonyl (C=O) groups is 1. The number of rotatable bonds is 5. The largest absolute Gasteiger partial charge is 0.326 e. The summed E-state index contributed by atoms with van der Waals surface area (Å²) in [7, 11) is -6.66. The summed E-state index contributed by atoms with van der Waals surface area (Å²) in [6.07, 6.45) is 3.43. The first-order valence-corrected chi connectivity index (χ1v) is 13.9. The van der Waals surface area contributed by atoms with Gasteiger partial charge in [0.25, 0.3) is 10.0 Å². The Labute approximate surface area is 183 Å². The quantitative estimate of drug-likeness (QED) is 0.664. The van der Waals surface area contributed by atoms with Gasteiger partial charge in [0.2, 0.25) is 5.91 Å². The smallest absolute Gasteiger partial charge is 0.262 e. The number of nitrogens with zero attached hydrogens (tertiary/aromatic N) is 2. The Hall–Kier alpha value is -1.98. The van der Waals surface area contributed by atoms with Crippen molar-refractivity contribution >= 4 is 37.3 Å². The molecule has 0 aliphatic carbocycles. The topological polar surface area (TPSA) is 125 Å². The normalized spacial score (nSPS) is 24.6. The number of nitrogens with one attached hydrogen (secondary N) is 2. The van der Waals surface area contributed by atoms with Crippen molar-refractivity contribution in [2.75, 3.05) is 36.5 Å². The third-order valence-corrected chi connectivity index (χ3v) is 9.29. The molecule has 0 unspecified atom stereocenters. The van der Waals surface area contributed by atoms with E-state index in [-0.39, 0.29) is 34.3 Å². The number of hydrogen-bond donors (Lipinski definition) is 2. The summed E-state index contributed by atoms with van der Waals surface area (Å²) in [6, 6.07) is 6.27. The summed E-state index contributed by atoms with van der Waals surface area (Å²) in [5, 5.41) is 2.84. The van der Waals surface area contributed by atoms with Gasteiger partial charge in [-0.15, -0.1) is 0 Å². The molecule has 3 aliphatic heterocycles. The Bertz CT molecular complexity index is 1080. The summed E-state index contributed by atoms with van der Waals surface area (Å²) >= 11 is 0. The van der Waals surface area contributed by atoms with E-state index in [1.165, 1.54) is 12.1 Å². The molecule has 0 spiro atoms. The Morgan fingerprint density at radius 1 is 1.16 bits per heavy atom. The third-order valence-electron chi connectivity index (χ3n) is 6.16. The van der Waals surface area contributed by atoms with Crippen LogP contribution in [0.5, 0.6) is 0 Å². The van der Waals surface area contributed by atoms with Crippen molar-refractivity contribution in [3.05, 3.63) is 24.3 Å². The van der Waals surface area contributed by atoms with Crippen molar-refractivity contribution in [1.29, 1.82) is 0 Å². The summed E-state index contributed by atoms with van der Waals surface area (Å²) in [6.45, 7) is 2.01. The van der Waals surface area contributed by atoms with Crippen LogP contribution < -0.4 is 10.0 Å². The summed E-state index contributed by atoms with van der Waals surface area (Å²) in [5.41, 5.74) is 0.436. The molecule has 9 nitrogen and oxygen atoms in total. The van der Waals surface area contributed by atoms with Crippen molar-refractivity contribution in [2.24, 2.45) is 10.9 Å². The number of sulfone groups is 1. The zero-order valence-electron chi connectivity index (χ0n) is 17.3. The van der Waals surface area contributed by atoms with Crippen LogP contribution in [-0.2, 0) is 24.7 Å². The van der Waals surface area contributed by atoms with Gasteiger partial charge in [-0.2, -0.15) is 0 Å². The minimum absolute atomic E-state index is 0.0628. The van der Waals surface area contributed by atoms with Crippen molar-refractivity contribution < 1.29 is 21.6 Å². The summed E-state index contributed by atoms with van der Waals surface area (Å²) in [4.78, 5) is 19.1. The SMILES string of the molecule is O=C(Nc1cccc(S(=O)(=O)NC2=NCCC2)c1)C1CCN([C@@H]2CCS(=O)(=O)C2)CC1. The highest BCUT2D eigenvalue weighted by atomic mass is 32.2. The first kappa shape index (κ1) is 22.2. The number of benzene rings is 1. The van der Waals surface area contributed by atoms with Gasteiger partial charge in [-0.05, 0) is 57.0 Å². The molecule has 4 rings (SSSR count). The second kappa shape index (κ2) is 8.87. The number of carbonyl (C=O) groups excluding carboxylic acids is 1. The number of anilines is 1. The molecule has 2 saturated heterocycles. The fraction of sp³-hybridized carbons (Fsp3) is 0.600. The van der Waals surface area contributed by atoms with Gasteiger partial charge < -0.3 is 5.32 Å². The summed E-state index contributed by atoms with van der Waals surface area (Å²) < 4.78 is 51.1. The van der Waals surface area contributed by atoms with E-state index in [1.54, 1.807) is 12.1 Å². The van der Waals surface area contributed by atoms with Crippen LogP contribution in [0.2, 0.25) is 0 Å². The van der Waals surface area contributed by atoms with E-state index in [0.29, 0.717) is 56.8 Å². The zero-order valence-corrected chi connectivity index (χ0v) is 18.9. The Kier molecular flexibility index (Phi) is 6.36. The number of aliphatic imine (C=N–C) groups is 1. The lowest BCUT2D eigenvalue weighted by Gasteiger charge is -2.34. The van der Waals surface area contributed by atoms with E-state index >= 15 is 0 Å². The van der Waals surface area contributed by atoms with Crippen LogP contribution in [0.1, 0.15) is 32.1 Å². The number of hydrogen-bond acceptors (Lipinski definition) is 7. The maximum Gasteiger partial charge on any atom is 0.262 e. The van der Waals surface area contributed by atoms with Gasteiger partial charge in [-0.3, -0.25) is 19.4 Å². The number of amides is 1. The second-order valence-corrected chi connectivity index (χ2v) is 12.3. The molecule has 170 valence electrons. The molecule has 0 aromatic heterocycles. The highest BCUT2D eigenvalue weighted by Gasteiger charge is 2.35. The number of likely N-dealkylation sites (tertiary alicyclic amines) is 1. The van der Waals surface area contributed by atoms with E-state index in [0.717, 1.165) is 6.42 Å². The van der Waals surface area contributed by atoms with Gasteiger partial charge >= 0.3 is 0 Å². The lowest BCUT2D eigenvalue weighted by Crippen LogP contribution is -2.44. The van der Waals surface area contributed by atoms with Crippen LogP contribution in [0.4, 0.5) is 5.69 Å². The fourth-order valence-corrected chi connectivity index (χ4v) is 7.31. The van der Waals surface area contributed by atoms with Gasteiger partial charge in [0, 0.05) is 30.6 Å². The standard InChI is InChI=1S/C20H28N4O5S2/c25-20(15-6-10-24(11-7-15)17-8-12-30(26,27)14-17)22-16-3-1-4-18(13-16)31(28,29)23-19-5-2-9-21-19/h1,3-4,13,15,17H,2,5-12,14H2,(H,21,23)(H,22,25)/t17-/m1/s1. The Balaban J connectivity index is 1.33. The van der Waals surface area contributed by atoms with Gasteiger partial charge in [0.15, 0.2) is 9.84 Å². The molecule has 3 aliphatic rings. The highest BCUT2D eigenvalue weighted by Crippen LogP contribution is 2.26. The molecule has 0 bridgehead atoms. The third kappa shape index (κ3) is 5.45. The molecule has 11 heteroatoms. The molecule has 31 heavy (non-hydrogen) atoms. The van der Waals surface area contributed by atoms with Gasteiger partial charge in [-0.25, -0.2) is 16.8 Å². The van der Waals surface area contributed by atoms with Gasteiger partial charge in [-0.1, -0.05) is 6.07 Å². The Morgan fingerprint density at radius 3 is 2.58 bits per heavy atom. The molecule has 1 aromatic rings. The zero-order chi connectivity index (χ0) is 22.1. The van der Waals surface area contributed by atoms with Crippen LogP contribution in [0.25, 0.3) is 0 Å². The van der Waals surface area contributed by atoms with Crippen molar-refractivity contribution in [2.45, 2.75) is 43.0 Å². The van der Waals surface area contributed by atoms with Crippen molar-refractivity contribution in [3.8, 4) is 0 Å². The fourth-order valence-electron chi connectivity index (χ4n) is 4.41. The first-order chi connectivity index (χ1) is 14.7. The molecule has 2 N–H and O–H groups in total. The second-order valence-electron chi connectivity index (χ2n) is 8.42. The molecule has 3 heterocycles. The highest BCUT2D eigenvalue weighted by molar-refractivity contribution is 7.91. The lowest BCUT2D eigenvalue weighted by molar-refractivity contribution is -0.121. The maximum atomic E-state index is 12.7. The minimum Gasteiger partial charge on any atom is -0.326 e. The van der Waals surface area contributed by atoms with E-state index in [9.17, 15) is 21.6 Å². The lowest BCUT2D eigenvalue weighted by atomic mass is 9.94. The molecular weight excluding hydrogens is 440 g/mol. The molecule has 1 amide bonds. The average molecular weight is 469 g/mol. The molecule has 2 fully saturated rings. The maximum absolute atomic E-state index is 12.7. The van der Waals surface area contributed by atoms with Crippen LogP contribution >= 0.6 is 0 Å². The Morgan fingerprint density at radius 2 is 1.94 bits per heavy atom. The molecule has 0 saturated carbocycles. The number of amidine groups is 1. The van der Waals surface area contributed by atoms with Gasteiger partial charge in [0.05, 0.1) is 16.4 Å². The van der Waals surface area contributed by atoms with Crippen LogP contribution in [-0.4, -0.2) is 70.7 Å². The number of piperidine rings is 1. The van der Waals surface area contributed by atoms with Crippen LogP contribution in [0.15, 0.2) is 34.2 Å². The predicted molar refractivity (Wildman–Crippen MR) is 118 cm³/mol. The summed E-state index contributed by atoms with van der Waals surface area (Å²) in [5.74, 6) is 0.614. The minimum atomic E-state index is -3.74. The van der Waals surface area contributed by atoms with E-state index < -0.39 is 19.9 Å². The van der Waals surface area contributed by atoms with Crippen molar-refractivity contribution in [1.82, 2.24) is 9.62 Å². The van der Waals surface area contributed by atoms with Crippen molar-refractivity contribution in [3.63, 3.8) is 0 Å². The van der Waals surface area contributed by atoms with Crippen LogP contribution in [0.3, 0.4) is 0 Å². The number of sulfonamides is 1. The predicted octanol–water partition coefficient (Wildman–Crippen LogP) is 0.995. The molecule has 1 atom stereocenters. The average Bonchev–Trinajstić information content (AvgIpc) is 3.37. The van der Waals surface area contributed by atoms with E-state index in [1.807, 2.05) is 0 Å². The molecule has 1 aromatic carbocycles. The molecule has 0 radical (unpaired) electrons. The van der Waals surface area contributed by atoms with E-state index in [4.69, 9.17) is 0 Å². The van der Waals surface area contributed by atoms with Gasteiger partial charge in [0.1, 0.15) is 5.84 Å². The van der Waals surface area contributed by atoms with E-state index in [2.05, 4.69) is 19.9 Å². The molecular formula is C20H28N4O5S2. The van der Waals surface area contributed by atoms with Crippen LogP contribution in [0, 0.1) is 5.92 Å².